The molecule has 1 heterocycles. The Labute approximate surface area is 177 Å². The molecule has 0 aliphatic carbocycles. The summed E-state index contributed by atoms with van der Waals surface area (Å²) in [4.78, 5) is 16.6. The van der Waals surface area contributed by atoms with Crippen LogP contribution in [0.1, 0.15) is 25.3 Å². The van der Waals surface area contributed by atoms with Crippen molar-refractivity contribution in [2.24, 2.45) is 0 Å². The predicted octanol–water partition coefficient (Wildman–Crippen LogP) is 6.40. The molecule has 1 amide bonds. The van der Waals surface area contributed by atoms with Gasteiger partial charge in [-0.2, -0.15) is 0 Å². The molecule has 28 heavy (non-hydrogen) atoms. The van der Waals surface area contributed by atoms with E-state index in [2.05, 4.69) is 33.2 Å². The fourth-order valence-corrected chi connectivity index (χ4v) is 3.56. The highest BCUT2D eigenvalue weighted by Gasteiger charge is 2.07. The van der Waals surface area contributed by atoms with Crippen LogP contribution in [0.5, 0.6) is 5.75 Å². The van der Waals surface area contributed by atoms with E-state index in [4.69, 9.17) is 4.74 Å². The molecule has 1 N–H and O–H groups in total. The Morgan fingerprint density at radius 2 is 2.07 bits per heavy atom. The number of unbranched alkanes of at least 4 members (excludes halogenated alkanes) is 1. The van der Waals surface area contributed by atoms with Gasteiger partial charge in [-0.15, -0.1) is 11.3 Å². The molecule has 0 fully saturated rings. The van der Waals surface area contributed by atoms with E-state index in [0.29, 0.717) is 5.13 Å². The van der Waals surface area contributed by atoms with E-state index in [1.54, 1.807) is 6.08 Å². The van der Waals surface area contributed by atoms with Crippen molar-refractivity contribution in [1.82, 2.24) is 4.98 Å². The number of halogens is 1. The standard InChI is InChI=1S/C22H21BrN2O2S/c1-2-3-13-27-19-10-7-16(8-11-19)9-12-21(26)25-22-24-20(15-28-22)17-5-4-6-18(23)14-17/h4-12,14-15H,2-3,13H2,1H3,(H,24,25,26)/b12-9+. The molecule has 0 bridgehead atoms. The van der Waals surface area contributed by atoms with Gasteiger partial charge in [0.05, 0.1) is 12.3 Å². The number of nitrogens with one attached hydrogen (secondary N) is 1. The van der Waals surface area contributed by atoms with Gasteiger partial charge in [0.25, 0.3) is 0 Å². The highest BCUT2D eigenvalue weighted by Crippen LogP contribution is 2.26. The Kier molecular flexibility index (Phi) is 7.39. The number of nitrogens with zero attached hydrogens (tertiary/aromatic N) is 1. The monoisotopic (exact) mass is 456 g/mol. The van der Waals surface area contributed by atoms with Gasteiger partial charge in [-0.05, 0) is 42.3 Å². The van der Waals surface area contributed by atoms with Crippen molar-refractivity contribution in [2.45, 2.75) is 19.8 Å². The van der Waals surface area contributed by atoms with Crippen LogP contribution < -0.4 is 10.1 Å². The first-order valence-corrected chi connectivity index (χ1v) is 10.7. The number of amides is 1. The number of rotatable bonds is 8. The number of ether oxygens (including phenoxy) is 1. The van der Waals surface area contributed by atoms with Crippen LogP contribution in [0.2, 0.25) is 0 Å². The van der Waals surface area contributed by atoms with Crippen LogP contribution in [0.3, 0.4) is 0 Å². The van der Waals surface area contributed by atoms with Crippen LogP contribution in [0.15, 0.2) is 64.5 Å². The fraction of sp³-hybridized carbons (Fsp3) is 0.182. The minimum atomic E-state index is -0.210. The minimum Gasteiger partial charge on any atom is -0.494 e. The van der Waals surface area contributed by atoms with Crippen molar-refractivity contribution < 1.29 is 9.53 Å². The Bertz CT molecular complexity index is 951. The number of hydrogen-bond acceptors (Lipinski definition) is 4. The number of carbonyl (C=O) groups is 1. The molecule has 0 unspecified atom stereocenters. The SMILES string of the molecule is CCCCOc1ccc(/C=C/C(=O)Nc2nc(-c3cccc(Br)c3)cs2)cc1. The first-order chi connectivity index (χ1) is 13.6. The third kappa shape index (κ3) is 6.04. The average molecular weight is 457 g/mol. The zero-order valence-electron chi connectivity index (χ0n) is 15.5. The summed E-state index contributed by atoms with van der Waals surface area (Å²) in [5.41, 5.74) is 2.78. The van der Waals surface area contributed by atoms with Gasteiger partial charge in [-0.25, -0.2) is 4.98 Å². The quantitative estimate of drug-likeness (QED) is 0.314. The molecule has 0 saturated carbocycles. The molecule has 0 atom stereocenters. The molecule has 144 valence electrons. The van der Waals surface area contributed by atoms with Gasteiger partial charge in [-0.3, -0.25) is 10.1 Å². The first kappa shape index (κ1) is 20.3. The minimum absolute atomic E-state index is 0.210. The highest BCUT2D eigenvalue weighted by molar-refractivity contribution is 9.10. The number of aromatic nitrogens is 1. The van der Waals surface area contributed by atoms with Crippen LogP contribution in [0, 0.1) is 0 Å². The van der Waals surface area contributed by atoms with Crippen molar-refractivity contribution in [3.63, 3.8) is 0 Å². The van der Waals surface area contributed by atoms with Crippen LogP contribution in [0.25, 0.3) is 17.3 Å². The summed E-state index contributed by atoms with van der Waals surface area (Å²) in [6.45, 7) is 2.86. The normalized spacial score (nSPS) is 10.9. The summed E-state index contributed by atoms with van der Waals surface area (Å²) < 4.78 is 6.63. The topological polar surface area (TPSA) is 51.2 Å². The summed E-state index contributed by atoms with van der Waals surface area (Å²) in [5.74, 6) is 0.635. The van der Waals surface area contributed by atoms with E-state index in [1.165, 1.54) is 17.4 Å². The molecule has 0 aliphatic rings. The maximum Gasteiger partial charge on any atom is 0.250 e. The Morgan fingerprint density at radius 3 is 2.82 bits per heavy atom. The zero-order valence-corrected chi connectivity index (χ0v) is 17.9. The Balaban J connectivity index is 1.55. The van der Waals surface area contributed by atoms with Crippen molar-refractivity contribution in [1.29, 1.82) is 0 Å². The molecule has 4 nitrogen and oxygen atoms in total. The Morgan fingerprint density at radius 1 is 1.25 bits per heavy atom. The summed E-state index contributed by atoms with van der Waals surface area (Å²) >= 11 is 4.86. The molecule has 0 saturated heterocycles. The molecule has 0 spiro atoms. The lowest BCUT2D eigenvalue weighted by molar-refractivity contribution is -0.111. The van der Waals surface area contributed by atoms with E-state index in [-0.39, 0.29) is 5.91 Å². The van der Waals surface area contributed by atoms with E-state index in [9.17, 15) is 4.79 Å². The van der Waals surface area contributed by atoms with Crippen molar-refractivity contribution in [2.75, 3.05) is 11.9 Å². The van der Waals surface area contributed by atoms with Crippen molar-refractivity contribution in [3.8, 4) is 17.0 Å². The van der Waals surface area contributed by atoms with Gasteiger partial charge in [0.2, 0.25) is 5.91 Å². The van der Waals surface area contributed by atoms with Crippen molar-refractivity contribution in [3.05, 3.63) is 70.0 Å². The third-order valence-electron chi connectivity index (χ3n) is 3.93. The molecular weight excluding hydrogens is 436 g/mol. The van der Waals surface area contributed by atoms with E-state index in [1.807, 2.05) is 53.9 Å². The van der Waals surface area contributed by atoms with E-state index < -0.39 is 0 Å². The number of benzene rings is 2. The summed E-state index contributed by atoms with van der Waals surface area (Å²) in [5, 5.41) is 5.31. The number of carbonyl (C=O) groups excluding carboxylic acids is 1. The van der Waals surface area contributed by atoms with Gasteiger partial charge >= 0.3 is 0 Å². The lowest BCUT2D eigenvalue weighted by Crippen LogP contribution is -2.07. The van der Waals surface area contributed by atoms with Crippen LogP contribution in [-0.4, -0.2) is 17.5 Å². The smallest absolute Gasteiger partial charge is 0.250 e. The average Bonchev–Trinajstić information content (AvgIpc) is 3.16. The summed E-state index contributed by atoms with van der Waals surface area (Å²) in [6, 6.07) is 15.6. The number of hydrogen-bond donors (Lipinski definition) is 1. The van der Waals surface area contributed by atoms with Gasteiger partial charge < -0.3 is 4.74 Å². The van der Waals surface area contributed by atoms with Crippen molar-refractivity contribution >= 4 is 44.4 Å². The summed E-state index contributed by atoms with van der Waals surface area (Å²) in [7, 11) is 0. The molecule has 0 radical (unpaired) electrons. The zero-order chi connectivity index (χ0) is 19.8. The summed E-state index contributed by atoms with van der Waals surface area (Å²) in [6.07, 6.45) is 5.43. The second kappa shape index (κ2) is 10.2. The molecule has 6 heteroatoms. The van der Waals surface area contributed by atoms with Gasteiger partial charge in [0.15, 0.2) is 5.13 Å². The lowest BCUT2D eigenvalue weighted by Gasteiger charge is -2.05. The fourth-order valence-electron chi connectivity index (χ4n) is 2.44. The second-order valence-corrected chi connectivity index (χ2v) is 7.92. The molecule has 3 aromatic rings. The van der Waals surface area contributed by atoms with Crippen LogP contribution in [0.4, 0.5) is 5.13 Å². The highest BCUT2D eigenvalue weighted by atomic mass is 79.9. The molecule has 0 aliphatic heterocycles. The van der Waals surface area contributed by atoms with Crippen LogP contribution in [-0.2, 0) is 4.79 Å². The van der Waals surface area contributed by atoms with Gasteiger partial charge in [0.1, 0.15) is 5.75 Å². The predicted molar refractivity (Wildman–Crippen MR) is 120 cm³/mol. The third-order valence-corrected chi connectivity index (χ3v) is 5.18. The molecule has 2 aromatic carbocycles. The lowest BCUT2D eigenvalue weighted by atomic mass is 10.2. The first-order valence-electron chi connectivity index (χ1n) is 9.07. The number of thiazole rings is 1. The maximum absolute atomic E-state index is 12.2. The maximum atomic E-state index is 12.2. The van der Waals surface area contributed by atoms with Crippen LogP contribution >= 0.6 is 27.3 Å². The van der Waals surface area contributed by atoms with Gasteiger partial charge in [0, 0.05) is 21.5 Å². The Hall–Kier alpha value is -2.44. The molecular formula is C22H21BrN2O2S. The number of anilines is 1. The van der Waals surface area contributed by atoms with E-state index >= 15 is 0 Å². The molecule has 3 rings (SSSR count). The van der Waals surface area contributed by atoms with E-state index in [0.717, 1.165) is 46.5 Å². The molecule has 1 aromatic heterocycles. The largest absolute Gasteiger partial charge is 0.494 e. The van der Waals surface area contributed by atoms with Gasteiger partial charge in [-0.1, -0.05) is 53.5 Å². The second-order valence-electron chi connectivity index (χ2n) is 6.14.